The van der Waals surface area contributed by atoms with Crippen molar-refractivity contribution in [3.8, 4) is 0 Å². The van der Waals surface area contributed by atoms with Gasteiger partial charge >= 0.3 is 0 Å². The molecule has 1 heterocycles. The van der Waals surface area contributed by atoms with Gasteiger partial charge in [-0.2, -0.15) is 0 Å². The lowest BCUT2D eigenvalue weighted by molar-refractivity contribution is 0.337. The van der Waals surface area contributed by atoms with E-state index in [0.29, 0.717) is 11.0 Å². The number of anilines is 2. The summed E-state index contributed by atoms with van der Waals surface area (Å²) in [4.78, 5) is 11.0. The lowest BCUT2D eigenvalue weighted by Gasteiger charge is -2.16. The molecule has 2 rings (SSSR count). The van der Waals surface area contributed by atoms with Gasteiger partial charge in [-0.25, -0.2) is 15.8 Å². The van der Waals surface area contributed by atoms with Gasteiger partial charge in [-0.15, -0.1) is 0 Å². The summed E-state index contributed by atoms with van der Waals surface area (Å²) in [6.45, 7) is 1.90. The van der Waals surface area contributed by atoms with Gasteiger partial charge in [0.2, 0.25) is 0 Å². The highest BCUT2D eigenvalue weighted by Crippen LogP contribution is 2.24. The Hall–Kier alpha value is -1.05. The van der Waals surface area contributed by atoms with Crippen molar-refractivity contribution in [2.75, 3.05) is 37.1 Å². The van der Waals surface area contributed by atoms with E-state index in [-0.39, 0.29) is 0 Å². The van der Waals surface area contributed by atoms with Crippen LogP contribution < -0.4 is 16.6 Å². The van der Waals surface area contributed by atoms with Crippen LogP contribution in [0.5, 0.6) is 0 Å². The van der Waals surface area contributed by atoms with Crippen molar-refractivity contribution in [2.24, 2.45) is 5.84 Å². The molecule has 7 heteroatoms. The van der Waals surface area contributed by atoms with Gasteiger partial charge in [-0.3, -0.25) is 0 Å². The molecule has 6 nitrogen and oxygen atoms in total. The second-order valence-corrected chi connectivity index (χ2v) is 5.18. The van der Waals surface area contributed by atoms with E-state index >= 15 is 0 Å². The van der Waals surface area contributed by atoms with Gasteiger partial charge in [0.1, 0.15) is 11.6 Å². The quantitative estimate of drug-likeness (QED) is 0.294. The van der Waals surface area contributed by atoms with Crippen molar-refractivity contribution < 1.29 is 0 Å². The number of nitrogens with two attached hydrogens (primary N) is 1. The molecule has 1 aromatic rings. The average molecular weight is 268 g/mol. The van der Waals surface area contributed by atoms with Crippen LogP contribution in [0.15, 0.2) is 11.2 Å². The number of aromatic nitrogens is 2. The maximum absolute atomic E-state index is 5.38. The SMILES string of the molecule is CSc1nc(NN)cc(NCCN(C)C2CC2)n1. The van der Waals surface area contributed by atoms with E-state index in [2.05, 4.69) is 32.7 Å². The Kier molecular flexibility index (Phi) is 4.62. The van der Waals surface area contributed by atoms with Crippen LogP contribution >= 0.6 is 11.8 Å². The first-order chi connectivity index (χ1) is 8.72. The Morgan fingerprint density at radius 3 is 2.78 bits per heavy atom. The van der Waals surface area contributed by atoms with Gasteiger partial charge in [0, 0.05) is 25.2 Å². The zero-order valence-electron chi connectivity index (χ0n) is 10.8. The fourth-order valence-electron chi connectivity index (χ4n) is 1.74. The number of hydrogen-bond donors (Lipinski definition) is 3. The summed E-state index contributed by atoms with van der Waals surface area (Å²) in [6.07, 6.45) is 4.62. The Labute approximate surface area is 112 Å². The number of nitrogen functional groups attached to an aromatic ring is 1. The van der Waals surface area contributed by atoms with E-state index in [1.54, 1.807) is 0 Å². The van der Waals surface area contributed by atoms with Crippen molar-refractivity contribution in [1.82, 2.24) is 14.9 Å². The average Bonchev–Trinajstić information content (AvgIpc) is 3.22. The molecule has 1 aliphatic rings. The molecule has 1 aliphatic carbocycles. The fourth-order valence-corrected chi connectivity index (χ4v) is 2.12. The zero-order valence-corrected chi connectivity index (χ0v) is 11.6. The van der Waals surface area contributed by atoms with Crippen LogP contribution in [0.1, 0.15) is 12.8 Å². The normalized spacial score (nSPS) is 14.9. The summed E-state index contributed by atoms with van der Waals surface area (Å²) in [7, 11) is 2.17. The number of hydrazine groups is 1. The highest BCUT2D eigenvalue weighted by molar-refractivity contribution is 7.98. The largest absolute Gasteiger partial charge is 0.369 e. The van der Waals surface area contributed by atoms with Crippen LogP contribution in [0.2, 0.25) is 0 Å². The summed E-state index contributed by atoms with van der Waals surface area (Å²) < 4.78 is 0. The summed E-state index contributed by atoms with van der Waals surface area (Å²) in [5, 5.41) is 4.02. The van der Waals surface area contributed by atoms with Crippen molar-refractivity contribution in [3.05, 3.63) is 6.07 Å². The Balaban J connectivity index is 1.87. The van der Waals surface area contributed by atoms with Crippen LogP contribution in [0.3, 0.4) is 0 Å². The third-order valence-electron chi connectivity index (χ3n) is 2.98. The van der Waals surface area contributed by atoms with Crippen molar-refractivity contribution in [1.29, 1.82) is 0 Å². The first kappa shape index (κ1) is 13.4. The van der Waals surface area contributed by atoms with E-state index in [9.17, 15) is 0 Å². The molecule has 18 heavy (non-hydrogen) atoms. The van der Waals surface area contributed by atoms with Crippen LogP contribution in [-0.4, -0.2) is 47.3 Å². The number of nitrogens with one attached hydrogen (secondary N) is 2. The monoisotopic (exact) mass is 268 g/mol. The minimum Gasteiger partial charge on any atom is -0.369 e. The van der Waals surface area contributed by atoms with Crippen LogP contribution in [-0.2, 0) is 0 Å². The second-order valence-electron chi connectivity index (χ2n) is 4.41. The van der Waals surface area contributed by atoms with Crippen LogP contribution in [0, 0.1) is 0 Å². The highest BCUT2D eigenvalue weighted by atomic mass is 32.2. The predicted octanol–water partition coefficient (Wildman–Crippen LogP) is 0.990. The Bertz CT molecular complexity index is 373. The van der Waals surface area contributed by atoms with E-state index in [1.165, 1.54) is 24.6 Å². The molecular weight excluding hydrogens is 248 g/mol. The minimum atomic E-state index is 0.632. The molecule has 0 aliphatic heterocycles. The number of likely N-dealkylation sites (N-methyl/N-ethyl adjacent to an activating group) is 1. The maximum Gasteiger partial charge on any atom is 0.191 e. The topological polar surface area (TPSA) is 79.1 Å². The molecule has 0 atom stereocenters. The molecule has 0 radical (unpaired) electrons. The third-order valence-corrected chi connectivity index (χ3v) is 3.52. The Morgan fingerprint density at radius 1 is 1.44 bits per heavy atom. The number of hydrogen-bond acceptors (Lipinski definition) is 7. The molecule has 100 valence electrons. The molecule has 1 aromatic heterocycles. The van der Waals surface area contributed by atoms with Gasteiger partial charge in [0.15, 0.2) is 5.16 Å². The molecule has 0 spiro atoms. The molecule has 0 unspecified atom stereocenters. The number of rotatable bonds is 7. The summed E-state index contributed by atoms with van der Waals surface area (Å²) >= 11 is 1.50. The van der Waals surface area contributed by atoms with Crippen molar-refractivity contribution in [2.45, 2.75) is 24.0 Å². The van der Waals surface area contributed by atoms with Crippen LogP contribution in [0.25, 0.3) is 0 Å². The van der Waals surface area contributed by atoms with Gasteiger partial charge < -0.3 is 15.6 Å². The molecular formula is C11H20N6S. The lowest BCUT2D eigenvalue weighted by Crippen LogP contribution is -2.27. The van der Waals surface area contributed by atoms with Crippen molar-refractivity contribution >= 4 is 23.4 Å². The van der Waals surface area contributed by atoms with Gasteiger partial charge in [0.25, 0.3) is 0 Å². The minimum absolute atomic E-state index is 0.632. The highest BCUT2D eigenvalue weighted by Gasteiger charge is 2.25. The smallest absolute Gasteiger partial charge is 0.191 e. The third kappa shape index (κ3) is 3.72. The maximum atomic E-state index is 5.38. The standard InChI is InChI=1S/C11H20N6S/c1-17(8-3-4-8)6-5-13-9-7-10(16-12)15-11(14-9)18-2/h7-8H,3-6,12H2,1-2H3,(H2,13,14,15,16). The molecule has 0 aromatic carbocycles. The fraction of sp³-hybridized carbons (Fsp3) is 0.636. The molecule has 0 bridgehead atoms. The number of nitrogens with zero attached hydrogens (tertiary/aromatic N) is 3. The van der Waals surface area contributed by atoms with Gasteiger partial charge in [-0.1, -0.05) is 11.8 Å². The number of thioether (sulfide) groups is 1. The van der Waals surface area contributed by atoms with E-state index < -0.39 is 0 Å². The zero-order chi connectivity index (χ0) is 13.0. The Morgan fingerprint density at radius 2 is 2.17 bits per heavy atom. The lowest BCUT2D eigenvalue weighted by atomic mass is 10.4. The van der Waals surface area contributed by atoms with Crippen LogP contribution in [0.4, 0.5) is 11.6 Å². The summed E-state index contributed by atoms with van der Waals surface area (Å²) in [5.41, 5.74) is 2.55. The molecule has 0 amide bonds. The van der Waals surface area contributed by atoms with Crippen molar-refractivity contribution in [3.63, 3.8) is 0 Å². The first-order valence-corrected chi connectivity index (χ1v) is 7.29. The predicted molar refractivity (Wildman–Crippen MR) is 75.8 cm³/mol. The first-order valence-electron chi connectivity index (χ1n) is 6.06. The van der Waals surface area contributed by atoms with E-state index in [4.69, 9.17) is 5.84 Å². The molecule has 1 fully saturated rings. The summed E-state index contributed by atoms with van der Waals surface area (Å²) in [5.74, 6) is 6.83. The summed E-state index contributed by atoms with van der Waals surface area (Å²) in [6, 6.07) is 2.61. The second kappa shape index (κ2) is 6.21. The molecule has 4 N–H and O–H groups in total. The van der Waals surface area contributed by atoms with Gasteiger partial charge in [-0.05, 0) is 26.1 Å². The van der Waals surface area contributed by atoms with E-state index in [0.717, 1.165) is 24.9 Å². The van der Waals surface area contributed by atoms with E-state index in [1.807, 2.05) is 12.3 Å². The molecule has 0 saturated heterocycles. The van der Waals surface area contributed by atoms with Gasteiger partial charge in [0.05, 0.1) is 0 Å². The molecule has 1 saturated carbocycles.